The average Bonchev–Trinajstić information content (AvgIpc) is 2.28. The van der Waals surface area contributed by atoms with Crippen molar-refractivity contribution in [3.05, 3.63) is 34.6 Å². The van der Waals surface area contributed by atoms with Crippen molar-refractivity contribution in [2.75, 3.05) is 0 Å². The van der Waals surface area contributed by atoms with Gasteiger partial charge >= 0.3 is 0 Å². The van der Waals surface area contributed by atoms with Crippen LogP contribution in [0, 0.1) is 31.5 Å². The first-order valence-electron chi connectivity index (χ1n) is 6.93. The van der Waals surface area contributed by atoms with E-state index in [2.05, 4.69) is 6.92 Å². The molecular weight excluding hydrogens is 227 g/mol. The number of hydrogen-bond acceptors (Lipinski definition) is 1. The Balaban J connectivity index is 2.21. The van der Waals surface area contributed by atoms with Crippen LogP contribution in [0.5, 0.6) is 0 Å². The van der Waals surface area contributed by atoms with E-state index in [1.165, 1.54) is 25.0 Å². The average molecular weight is 250 g/mol. The summed E-state index contributed by atoms with van der Waals surface area (Å²) in [6.07, 6.45) is 4.12. The fourth-order valence-corrected chi connectivity index (χ4v) is 3.23. The molecule has 1 fully saturated rings. The Morgan fingerprint density at radius 2 is 1.61 bits per heavy atom. The van der Waals surface area contributed by atoms with Crippen LogP contribution in [0.2, 0.25) is 0 Å². The highest BCUT2D eigenvalue weighted by Gasteiger charge is 2.27. The molecule has 2 heteroatoms. The molecule has 2 rings (SSSR count). The van der Waals surface area contributed by atoms with E-state index < -0.39 is 6.10 Å². The zero-order valence-corrected chi connectivity index (χ0v) is 11.5. The summed E-state index contributed by atoms with van der Waals surface area (Å²) in [5.74, 6) is 0.908. The van der Waals surface area contributed by atoms with Gasteiger partial charge in [-0.3, -0.25) is 0 Å². The van der Waals surface area contributed by atoms with Crippen LogP contribution < -0.4 is 0 Å². The van der Waals surface area contributed by atoms with Crippen LogP contribution in [-0.2, 0) is 0 Å². The maximum atomic E-state index is 13.3. The van der Waals surface area contributed by atoms with Crippen molar-refractivity contribution in [3.8, 4) is 0 Å². The molecule has 18 heavy (non-hydrogen) atoms. The third kappa shape index (κ3) is 2.74. The molecule has 1 atom stereocenters. The second-order valence-corrected chi connectivity index (χ2v) is 5.92. The SMILES string of the molecule is Cc1cc(F)cc(C)c1C(O)C1CCC(C)CC1. The van der Waals surface area contributed by atoms with Gasteiger partial charge in [-0.25, -0.2) is 4.39 Å². The number of hydrogen-bond donors (Lipinski definition) is 1. The van der Waals surface area contributed by atoms with Crippen molar-refractivity contribution in [2.24, 2.45) is 11.8 Å². The largest absolute Gasteiger partial charge is 0.388 e. The normalized spacial score (nSPS) is 26.1. The molecule has 1 aliphatic carbocycles. The molecule has 0 radical (unpaired) electrons. The van der Waals surface area contributed by atoms with E-state index >= 15 is 0 Å². The maximum Gasteiger partial charge on any atom is 0.123 e. The van der Waals surface area contributed by atoms with Crippen LogP contribution in [-0.4, -0.2) is 5.11 Å². The predicted octanol–water partition coefficient (Wildman–Crippen LogP) is 4.30. The number of aryl methyl sites for hydroxylation is 2. The van der Waals surface area contributed by atoms with Gasteiger partial charge in [0.25, 0.3) is 0 Å². The molecule has 1 N–H and O–H groups in total. The van der Waals surface area contributed by atoms with Crippen molar-refractivity contribution >= 4 is 0 Å². The Hall–Kier alpha value is -0.890. The third-order valence-corrected chi connectivity index (χ3v) is 4.36. The van der Waals surface area contributed by atoms with E-state index in [9.17, 15) is 9.50 Å². The van der Waals surface area contributed by atoms with Crippen LogP contribution in [0.25, 0.3) is 0 Å². The first-order chi connectivity index (χ1) is 8.49. The second-order valence-electron chi connectivity index (χ2n) is 5.92. The fraction of sp³-hybridized carbons (Fsp3) is 0.625. The lowest BCUT2D eigenvalue weighted by Crippen LogP contribution is -2.20. The van der Waals surface area contributed by atoms with Crippen LogP contribution >= 0.6 is 0 Å². The molecule has 0 amide bonds. The lowest BCUT2D eigenvalue weighted by atomic mass is 9.77. The van der Waals surface area contributed by atoms with Crippen LogP contribution in [0.4, 0.5) is 4.39 Å². The highest BCUT2D eigenvalue weighted by molar-refractivity contribution is 5.36. The topological polar surface area (TPSA) is 20.2 Å². The number of rotatable bonds is 2. The molecule has 100 valence electrons. The monoisotopic (exact) mass is 250 g/mol. The molecule has 1 saturated carbocycles. The fourth-order valence-electron chi connectivity index (χ4n) is 3.23. The number of benzene rings is 1. The van der Waals surface area contributed by atoms with Crippen molar-refractivity contribution in [2.45, 2.75) is 52.6 Å². The first-order valence-corrected chi connectivity index (χ1v) is 6.93. The van der Waals surface area contributed by atoms with Gasteiger partial charge in [0.1, 0.15) is 5.82 Å². The quantitative estimate of drug-likeness (QED) is 0.829. The summed E-state index contributed by atoms with van der Waals surface area (Å²) in [4.78, 5) is 0. The van der Waals surface area contributed by atoms with Gasteiger partial charge in [-0.1, -0.05) is 19.8 Å². The molecule has 1 aromatic carbocycles. The maximum absolute atomic E-state index is 13.3. The van der Waals surface area contributed by atoms with Crippen LogP contribution in [0.15, 0.2) is 12.1 Å². The summed E-state index contributed by atoms with van der Waals surface area (Å²) in [6, 6.07) is 3.05. The first kappa shape index (κ1) is 13.5. The molecule has 0 aromatic heterocycles. The van der Waals surface area contributed by atoms with E-state index in [4.69, 9.17) is 0 Å². The number of halogens is 1. The molecule has 0 aliphatic heterocycles. The Bertz CT molecular complexity index is 396. The molecule has 0 bridgehead atoms. The van der Waals surface area contributed by atoms with Gasteiger partial charge in [-0.05, 0) is 67.3 Å². The van der Waals surface area contributed by atoms with Crippen LogP contribution in [0.3, 0.4) is 0 Å². The smallest absolute Gasteiger partial charge is 0.123 e. The minimum atomic E-state index is -0.432. The molecule has 1 nitrogen and oxygen atoms in total. The Morgan fingerprint density at radius 3 is 2.11 bits per heavy atom. The summed E-state index contributed by atoms with van der Waals surface area (Å²) < 4.78 is 13.3. The van der Waals surface area contributed by atoms with Crippen molar-refractivity contribution in [1.29, 1.82) is 0 Å². The zero-order valence-electron chi connectivity index (χ0n) is 11.5. The molecule has 0 heterocycles. The summed E-state index contributed by atoms with van der Waals surface area (Å²) in [5, 5.41) is 10.6. The Labute approximate surface area is 109 Å². The molecule has 1 aromatic rings. The van der Waals surface area contributed by atoms with Gasteiger partial charge in [0.05, 0.1) is 6.10 Å². The highest BCUT2D eigenvalue weighted by atomic mass is 19.1. The number of aliphatic hydroxyl groups is 1. The molecule has 0 saturated heterocycles. The van der Waals surface area contributed by atoms with Gasteiger partial charge < -0.3 is 5.11 Å². The van der Waals surface area contributed by atoms with Gasteiger partial charge in [0.15, 0.2) is 0 Å². The van der Waals surface area contributed by atoms with Crippen molar-refractivity contribution < 1.29 is 9.50 Å². The second kappa shape index (κ2) is 5.40. The summed E-state index contributed by atoms with van der Waals surface area (Å²) in [7, 11) is 0. The predicted molar refractivity (Wildman–Crippen MR) is 72.0 cm³/mol. The lowest BCUT2D eigenvalue weighted by Gasteiger charge is -2.31. The van der Waals surface area contributed by atoms with E-state index in [1.54, 1.807) is 0 Å². The van der Waals surface area contributed by atoms with Crippen molar-refractivity contribution in [3.63, 3.8) is 0 Å². The molecule has 1 unspecified atom stereocenters. The minimum Gasteiger partial charge on any atom is -0.388 e. The van der Waals surface area contributed by atoms with E-state index in [-0.39, 0.29) is 5.82 Å². The Morgan fingerprint density at radius 1 is 1.11 bits per heavy atom. The lowest BCUT2D eigenvalue weighted by molar-refractivity contribution is 0.0745. The highest BCUT2D eigenvalue weighted by Crippen LogP contribution is 2.38. The third-order valence-electron chi connectivity index (χ3n) is 4.36. The van der Waals surface area contributed by atoms with Gasteiger partial charge in [-0.2, -0.15) is 0 Å². The van der Waals surface area contributed by atoms with Crippen molar-refractivity contribution in [1.82, 2.24) is 0 Å². The van der Waals surface area contributed by atoms with E-state index in [0.29, 0.717) is 5.92 Å². The summed E-state index contributed by atoms with van der Waals surface area (Å²) in [5.41, 5.74) is 2.69. The van der Waals surface area contributed by atoms with E-state index in [1.807, 2.05) is 13.8 Å². The van der Waals surface area contributed by atoms with Gasteiger partial charge in [0, 0.05) is 0 Å². The Kier molecular flexibility index (Phi) is 4.06. The standard InChI is InChI=1S/C16H23FO/c1-10-4-6-13(7-5-10)16(18)15-11(2)8-14(17)9-12(15)3/h8-10,13,16,18H,4-7H2,1-3H3. The molecule has 1 aliphatic rings. The molecular formula is C16H23FO. The minimum absolute atomic E-state index is 0.210. The van der Waals surface area contributed by atoms with Gasteiger partial charge in [0.2, 0.25) is 0 Å². The van der Waals surface area contributed by atoms with E-state index in [0.717, 1.165) is 35.4 Å². The van der Waals surface area contributed by atoms with Crippen LogP contribution in [0.1, 0.15) is 55.4 Å². The summed E-state index contributed by atoms with van der Waals surface area (Å²) in [6.45, 7) is 6.05. The molecule has 0 spiro atoms. The summed E-state index contributed by atoms with van der Waals surface area (Å²) >= 11 is 0. The van der Waals surface area contributed by atoms with Gasteiger partial charge in [-0.15, -0.1) is 0 Å². The zero-order chi connectivity index (χ0) is 13.3. The number of aliphatic hydroxyl groups excluding tert-OH is 1.